The van der Waals surface area contributed by atoms with Crippen LogP contribution in [0.4, 0.5) is 29.3 Å². The summed E-state index contributed by atoms with van der Waals surface area (Å²) in [5.74, 6) is 0.488. The van der Waals surface area contributed by atoms with Crippen LogP contribution in [0.5, 0.6) is 0 Å². The first-order chi connectivity index (χ1) is 21.6. The summed E-state index contributed by atoms with van der Waals surface area (Å²) in [7, 11) is 0. The number of anilines is 2. The second kappa shape index (κ2) is 14.4. The van der Waals surface area contributed by atoms with Gasteiger partial charge in [0.05, 0.1) is 23.1 Å². The molecule has 2 heterocycles. The molecule has 0 aliphatic rings. The molecule has 0 unspecified atom stereocenters. The van der Waals surface area contributed by atoms with Crippen LogP contribution in [0.2, 0.25) is 0 Å². The fraction of sp³-hybridized carbons (Fsp3) is 0.212. The first-order valence-corrected chi connectivity index (χ1v) is 14.2. The van der Waals surface area contributed by atoms with Gasteiger partial charge in [-0.2, -0.15) is 23.0 Å². The molecule has 0 aliphatic heterocycles. The number of nitrogens with one attached hydrogen (secondary N) is 2. The molecular formula is C33H32F3N5O4. The fourth-order valence-electron chi connectivity index (χ4n) is 4.45. The van der Waals surface area contributed by atoms with Crippen LogP contribution in [0.1, 0.15) is 37.5 Å². The lowest BCUT2D eigenvalue weighted by molar-refractivity contribution is -0.137. The van der Waals surface area contributed by atoms with Gasteiger partial charge in [-0.05, 0) is 67.4 Å². The van der Waals surface area contributed by atoms with Crippen LogP contribution >= 0.6 is 0 Å². The Morgan fingerprint density at radius 2 is 1.73 bits per heavy atom. The normalized spacial score (nSPS) is 10.9. The van der Waals surface area contributed by atoms with Crippen LogP contribution in [0.3, 0.4) is 0 Å². The highest BCUT2D eigenvalue weighted by Crippen LogP contribution is 2.35. The predicted octanol–water partition coefficient (Wildman–Crippen LogP) is 8.09. The summed E-state index contributed by atoms with van der Waals surface area (Å²) in [6.45, 7) is 7.89. The summed E-state index contributed by atoms with van der Waals surface area (Å²) in [6, 6.07) is 18.7. The van der Waals surface area contributed by atoms with Crippen LogP contribution in [0, 0.1) is 6.92 Å². The molecule has 2 aromatic heterocycles. The molecule has 0 bridgehead atoms. The predicted molar refractivity (Wildman–Crippen MR) is 166 cm³/mol. The van der Waals surface area contributed by atoms with E-state index in [0.717, 1.165) is 29.3 Å². The third-order valence-electron chi connectivity index (χ3n) is 6.36. The molecule has 5 aromatic rings. The molecule has 12 heteroatoms. The van der Waals surface area contributed by atoms with Crippen molar-refractivity contribution in [3.8, 4) is 28.3 Å². The summed E-state index contributed by atoms with van der Waals surface area (Å²) < 4.78 is 53.9. The second-order valence-electron chi connectivity index (χ2n) is 9.56. The van der Waals surface area contributed by atoms with Crippen molar-refractivity contribution < 1.29 is 27.1 Å². The SMILES string of the molecule is CC.CCNc1cc(-c2cc(C)cc(-c3cnco3)c2)nn(-c2cc(NC(=O)OCc3ccccc3)ccc2C(F)(F)F)c1=O. The van der Waals surface area contributed by atoms with Gasteiger partial charge in [0.1, 0.15) is 12.3 Å². The van der Waals surface area contributed by atoms with E-state index < -0.39 is 29.1 Å². The number of hydrogen-bond acceptors (Lipinski definition) is 7. The first-order valence-electron chi connectivity index (χ1n) is 14.2. The summed E-state index contributed by atoms with van der Waals surface area (Å²) in [5, 5.41) is 9.71. The average molecular weight is 620 g/mol. The number of carbonyl (C=O) groups excluding carboxylic acids is 1. The van der Waals surface area contributed by atoms with Crippen molar-refractivity contribution in [2.75, 3.05) is 17.2 Å². The molecule has 0 fully saturated rings. The molecule has 0 saturated heterocycles. The van der Waals surface area contributed by atoms with Crippen molar-refractivity contribution in [3.05, 3.63) is 112 Å². The number of ether oxygens (including phenoxy) is 1. The lowest BCUT2D eigenvalue weighted by Crippen LogP contribution is -2.27. The Bertz CT molecular complexity index is 1800. The minimum Gasteiger partial charge on any atom is -0.444 e. The Labute approximate surface area is 257 Å². The van der Waals surface area contributed by atoms with E-state index in [1.807, 2.05) is 32.9 Å². The van der Waals surface area contributed by atoms with E-state index in [2.05, 4.69) is 20.7 Å². The monoisotopic (exact) mass is 619 g/mol. The molecule has 0 aliphatic carbocycles. The number of halogens is 3. The number of aromatic nitrogens is 3. The maximum atomic E-state index is 14.2. The summed E-state index contributed by atoms with van der Waals surface area (Å²) >= 11 is 0. The van der Waals surface area contributed by atoms with Gasteiger partial charge in [0, 0.05) is 23.4 Å². The molecule has 2 N–H and O–H groups in total. The smallest absolute Gasteiger partial charge is 0.418 e. The number of carbonyl (C=O) groups is 1. The van der Waals surface area contributed by atoms with Crippen molar-refractivity contribution in [3.63, 3.8) is 0 Å². The molecule has 0 radical (unpaired) electrons. The highest BCUT2D eigenvalue weighted by atomic mass is 19.4. The van der Waals surface area contributed by atoms with Crippen molar-refractivity contribution in [1.29, 1.82) is 0 Å². The van der Waals surface area contributed by atoms with Gasteiger partial charge in [0.25, 0.3) is 5.56 Å². The Balaban J connectivity index is 0.00000226. The Morgan fingerprint density at radius 3 is 2.40 bits per heavy atom. The van der Waals surface area contributed by atoms with Crippen molar-refractivity contribution in [1.82, 2.24) is 14.8 Å². The molecule has 3 aromatic carbocycles. The average Bonchev–Trinajstić information content (AvgIpc) is 3.57. The number of benzene rings is 3. The van der Waals surface area contributed by atoms with Crippen LogP contribution in [-0.2, 0) is 17.5 Å². The number of amides is 1. The van der Waals surface area contributed by atoms with Gasteiger partial charge in [-0.1, -0.05) is 44.2 Å². The minimum atomic E-state index is -4.83. The van der Waals surface area contributed by atoms with E-state index >= 15 is 0 Å². The molecule has 1 amide bonds. The molecule has 45 heavy (non-hydrogen) atoms. The van der Waals surface area contributed by atoms with Crippen molar-refractivity contribution in [2.45, 2.75) is 40.5 Å². The molecule has 9 nitrogen and oxygen atoms in total. The van der Waals surface area contributed by atoms with Crippen molar-refractivity contribution in [2.24, 2.45) is 0 Å². The number of aryl methyl sites for hydroxylation is 1. The summed E-state index contributed by atoms with van der Waals surface area (Å²) in [6.07, 6.45) is -2.89. The number of alkyl halides is 3. The van der Waals surface area contributed by atoms with E-state index in [1.54, 1.807) is 43.3 Å². The molecule has 0 atom stereocenters. The van der Waals surface area contributed by atoms with Gasteiger partial charge in [0.2, 0.25) is 0 Å². The third kappa shape index (κ3) is 7.96. The van der Waals surface area contributed by atoms with Crippen molar-refractivity contribution >= 4 is 17.5 Å². The highest BCUT2D eigenvalue weighted by Gasteiger charge is 2.35. The zero-order chi connectivity index (χ0) is 32.6. The quantitative estimate of drug-likeness (QED) is 0.181. The second-order valence-corrected chi connectivity index (χ2v) is 9.56. The lowest BCUT2D eigenvalue weighted by atomic mass is 10.0. The Morgan fingerprint density at radius 1 is 1.00 bits per heavy atom. The Kier molecular flexibility index (Phi) is 10.4. The van der Waals surface area contributed by atoms with Gasteiger partial charge in [-0.3, -0.25) is 10.1 Å². The van der Waals surface area contributed by atoms with E-state index in [0.29, 0.717) is 28.1 Å². The maximum Gasteiger partial charge on any atom is 0.418 e. The fourth-order valence-corrected chi connectivity index (χ4v) is 4.45. The van der Waals surface area contributed by atoms with Gasteiger partial charge < -0.3 is 14.5 Å². The van der Waals surface area contributed by atoms with Gasteiger partial charge >= 0.3 is 12.3 Å². The lowest BCUT2D eigenvalue weighted by Gasteiger charge is -2.18. The number of hydrogen-bond donors (Lipinski definition) is 2. The molecular weight excluding hydrogens is 587 g/mol. The maximum absolute atomic E-state index is 14.2. The van der Waals surface area contributed by atoms with Gasteiger partial charge in [0.15, 0.2) is 12.2 Å². The topological polar surface area (TPSA) is 111 Å². The van der Waals surface area contributed by atoms with Crippen LogP contribution in [-0.4, -0.2) is 27.4 Å². The van der Waals surface area contributed by atoms with Gasteiger partial charge in [-0.15, -0.1) is 0 Å². The van der Waals surface area contributed by atoms with Crippen LogP contribution in [0.15, 0.2) is 94.6 Å². The van der Waals surface area contributed by atoms with Crippen LogP contribution < -0.4 is 16.2 Å². The molecule has 0 spiro atoms. The van der Waals surface area contributed by atoms with Gasteiger partial charge in [-0.25, -0.2) is 9.78 Å². The van der Waals surface area contributed by atoms with E-state index in [9.17, 15) is 22.8 Å². The highest BCUT2D eigenvalue weighted by molar-refractivity contribution is 5.85. The van der Waals surface area contributed by atoms with E-state index in [-0.39, 0.29) is 23.7 Å². The van der Waals surface area contributed by atoms with Crippen LogP contribution in [0.25, 0.3) is 28.3 Å². The summed E-state index contributed by atoms with van der Waals surface area (Å²) in [5.41, 5.74) is 0.537. The number of nitrogens with zero attached hydrogens (tertiary/aromatic N) is 3. The number of rotatable bonds is 8. The summed E-state index contributed by atoms with van der Waals surface area (Å²) in [4.78, 5) is 29.9. The largest absolute Gasteiger partial charge is 0.444 e. The standard InChI is InChI=1S/C31H26F3N5O4.C2H6/c1-3-36-26-15-25(21-11-19(2)12-22(13-21)28-16-35-18-43-28)38-39(29(26)40)27-14-23(9-10-24(27)31(32,33)34)37-30(41)42-17-20-7-5-4-6-8-20;1-2/h4-16,18,36H,3,17H2,1-2H3,(H,37,41);1-2H3. The van der Waals surface area contributed by atoms with E-state index in [1.165, 1.54) is 18.7 Å². The minimum absolute atomic E-state index is 0.0201. The molecule has 234 valence electrons. The zero-order valence-corrected chi connectivity index (χ0v) is 25.1. The van der Waals surface area contributed by atoms with E-state index in [4.69, 9.17) is 9.15 Å². The zero-order valence-electron chi connectivity index (χ0n) is 25.1. The third-order valence-corrected chi connectivity index (χ3v) is 6.36. The number of oxazole rings is 1. The molecule has 0 saturated carbocycles. The molecule has 5 rings (SSSR count). The first kappa shape index (κ1) is 32.5. The Hall–Kier alpha value is -5.39.